The second-order valence-corrected chi connectivity index (χ2v) is 7.90. The third-order valence-electron chi connectivity index (χ3n) is 5.51. The Morgan fingerprint density at radius 3 is 2.42 bits per heavy atom. The monoisotopic (exact) mass is 345 g/mol. The maximum absolute atomic E-state index is 5.48. The van der Waals surface area contributed by atoms with E-state index in [0.717, 1.165) is 24.1 Å². The lowest BCUT2D eigenvalue weighted by atomic mass is 9.86. The number of nitrogens with one attached hydrogen (secondary N) is 2. The van der Waals surface area contributed by atoms with Gasteiger partial charge in [0.1, 0.15) is 0 Å². The summed E-state index contributed by atoms with van der Waals surface area (Å²) in [5.41, 5.74) is 2.71. The van der Waals surface area contributed by atoms with Crippen molar-refractivity contribution in [3.63, 3.8) is 0 Å². The average Bonchev–Trinajstić information content (AvgIpc) is 3.09. The van der Waals surface area contributed by atoms with E-state index in [2.05, 4.69) is 46.7 Å². The second-order valence-electron chi connectivity index (χ2n) is 7.50. The predicted molar refractivity (Wildman–Crippen MR) is 105 cm³/mol. The molecule has 2 N–H and O–H groups in total. The molecular weight excluding hydrogens is 314 g/mol. The molecule has 2 atom stereocenters. The standard InChI is InChI=1S/C20H31N3S/c1-16-6-2-3-7-19(16)22-20(24)21-14-17-8-10-18(11-9-17)15-23-12-4-5-13-23/h8-11,16,19H,2-7,12-15H2,1H3,(H2,21,22,24)/t16-,19+/m0/s1. The second kappa shape index (κ2) is 8.82. The van der Waals surface area contributed by atoms with Crippen LogP contribution in [0, 0.1) is 5.92 Å². The number of nitrogens with zero attached hydrogens (tertiary/aromatic N) is 1. The van der Waals surface area contributed by atoms with Gasteiger partial charge in [-0.2, -0.15) is 0 Å². The maximum Gasteiger partial charge on any atom is 0.166 e. The molecule has 1 aromatic carbocycles. The highest BCUT2D eigenvalue weighted by molar-refractivity contribution is 7.80. The highest BCUT2D eigenvalue weighted by Gasteiger charge is 2.21. The van der Waals surface area contributed by atoms with Gasteiger partial charge in [0, 0.05) is 19.1 Å². The number of likely N-dealkylation sites (tertiary alicyclic amines) is 1. The summed E-state index contributed by atoms with van der Waals surface area (Å²) in [5.74, 6) is 0.725. The minimum absolute atomic E-state index is 0.543. The van der Waals surface area contributed by atoms with Crippen LogP contribution in [0.25, 0.3) is 0 Å². The summed E-state index contributed by atoms with van der Waals surface area (Å²) < 4.78 is 0. The third-order valence-corrected chi connectivity index (χ3v) is 5.77. The van der Waals surface area contributed by atoms with E-state index >= 15 is 0 Å². The van der Waals surface area contributed by atoms with Crippen LogP contribution >= 0.6 is 12.2 Å². The van der Waals surface area contributed by atoms with Gasteiger partial charge in [0.2, 0.25) is 0 Å². The molecule has 0 amide bonds. The Hall–Kier alpha value is -1.13. The summed E-state index contributed by atoms with van der Waals surface area (Å²) in [6.07, 6.45) is 7.96. The molecule has 3 nitrogen and oxygen atoms in total. The highest BCUT2D eigenvalue weighted by Crippen LogP contribution is 2.23. The zero-order chi connectivity index (χ0) is 16.8. The fourth-order valence-electron chi connectivity index (χ4n) is 3.89. The van der Waals surface area contributed by atoms with E-state index in [1.807, 2.05) is 0 Å². The van der Waals surface area contributed by atoms with E-state index in [9.17, 15) is 0 Å². The Labute approximate surface area is 152 Å². The molecule has 1 heterocycles. The number of hydrogen-bond acceptors (Lipinski definition) is 2. The first-order chi connectivity index (χ1) is 11.7. The lowest BCUT2D eigenvalue weighted by Gasteiger charge is -2.30. The minimum atomic E-state index is 0.543. The molecule has 0 bridgehead atoms. The molecule has 132 valence electrons. The van der Waals surface area contributed by atoms with E-state index in [1.54, 1.807) is 0 Å². The van der Waals surface area contributed by atoms with Crippen LogP contribution in [0.4, 0.5) is 0 Å². The Kier molecular flexibility index (Phi) is 6.50. The van der Waals surface area contributed by atoms with E-state index < -0.39 is 0 Å². The zero-order valence-corrected chi connectivity index (χ0v) is 15.7. The molecule has 2 fully saturated rings. The summed E-state index contributed by atoms with van der Waals surface area (Å²) in [7, 11) is 0. The van der Waals surface area contributed by atoms with Gasteiger partial charge < -0.3 is 10.6 Å². The largest absolute Gasteiger partial charge is 0.360 e. The molecule has 3 rings (SSSR count). The van der Waals surface area contributed by atoms with E-state index in [0.29, 0.717) is 6.04 Å². The zero-order valence-electron chi connectivity index (χ0n) is 14.9. The van der Waals surface area contributed by atoms with Gasteiger partial charge in [0.15, 0.2) is 5.11 Å². The molecule has 1 saturated heterocycles. The summed E-state index contributed by atoms with van der Waals surface area (Å²) in [6.45, 7) is 6.73. The first-order valence-corrected chi connectivity index (χ1v) is 9.96. The Morgan fingerprint density at radius 2 is 1.71 bits per heavy atom. The lowest BCUT2D eigenvalue weighted by Crippen LogP contribution is -2.45. The molecular formula is C20H31N3S. The van der Waals surface area contributed by atoms with Crippen LogP contribution in [0.1, 0.15) is 56.6 Å². The van der Waals surface area contributed by atoms with Crippen molar-refractivity contribution in [3.05, 3.63) is 35.4 Å². The molecule has 4 heteroatoms. The third kappa shape index (κ3) is 5.18. The SMILES string of the molecule is C[C@H]1CCCC[C@H]1NC(=S)NCc1ccc(CN2CCCC2)cc1. The van der Waals surface area contributed by atoms with Crippen molar-refractivity contribution in [2.75, 3.05) is 13.1 Å². The fraction of sp³-hybridized carbons (Fsp3) is 0.650. The van der Waals surface area contributed by atoms with Gasteiger partial charge in [-0.15, -0.1) is 0 Å². The molecule has 2 aliphatic rings. The average molecular weight is 346 g/mol. The van der Waals surface area contributed by atoms with Crippen LogP contribution in [-0.4, -0.2) is 29.1 Å². The molecule has 1 aromatic rings. The van der Waals surface area contributed by atoms with E-state index in [-0.39, 0.29) is 0 Å². The van der Waals surface area contributed by atoms with Crippen LogP contribution in [-0.2, 0) is 13.1 Å². The molecule has 0 aromatic heterocycles. The first-order valence-electron chi connectivity index (χ1n) is 9.55. The number of benzene rings is 1. The van der Waals surface area contributed by atoms with Gasteiger partial charge in [-0.3, -0.25) is 4.90 Å². The van der Waals surface area contributed by atoms with Crippen LogP contribution in [0.15, 0.2) is 24.3 Å². The summed E-state index contributed by atoms with van der Waals surface area (Å²) in [6, 6.07) is 9.51. The smallest absolute Gasteiger partial charge is 0.166 e. The normalized spacial score (nSPS) is 24.7. The predicted octanol–water partition coefficient (Wildman–Crippen LogP) is 3.83. The maximum atomic E-state index is 5.48. The van der Waals surface area contributed by atoms with Crippen LogP contribution < -0.4 is 10.6 Å². The van der Waals surface area contributed by atoms with Gasteiger partial charge in [-0.25, -0.2) is 0 Å². The van der Waals surface area contributed by atoms with Gasteiger partial charge in [0.25, 0.3) is 0 Å². The van der Waals surface area contributed by atoms with E-state index in [4.69, 9.17) is 12.2 Å². The molecule has 1 aliphatic carbocycles. The Balaban J connectivity index is 1.41. The highest BCUT2D eigenvalue weighted by atomic mass is 32.1. The van der Waals surface area contributed by atoms with Crippen molar-refractivity contribution in [3.8, 4) is 0 Å². The number of hydrogen-bond donors (Lipinski definition) is 2. The van der Waals surface area contributed by atoms with Gasteiger partial charge in [-0.05, 0) is 68.0 Å². The lowest BCUT2D eigenvalue weighted by molar-refractivity contribution is 0.308. The van der Waals surface area contributed by atoms with Crippen molar-refractivity contribution < 1.29 is 0 Å². The molecule has 0 unspecified atom stereocenters. The van der Waals surface area contributed by atoms with Crippen LogP contribution in [0.2, 0.25) is 0 Å². The molecule has 0 spiro atoms. The van der Waals surface area contributed by atoms with Gasteiger partial charge >= 0.3 is 0 Å². The summed E-state index contributed by atoms with van der Waals surface area (Å²) in [5, 5.41) is 7.68. The van der Waals surface area contributed by atoms with Crippen molar-refractivity contribution in [2.45, 2.75) is 64.6 Å². The van der Waals surface area contributed by atoms with Gasteiger partial charge in [-0.1, -0.05) is 44.0 Å². The van der Waals surface area contributed by atoms with Crippen molar-refractivity contribution in [1.29, 1.82) is 0 Å². The Morgan fingerprint density at radius 1 is 1.04 bits per heavy atom. The molecule has 0 radical (unpaired) electrons. The van der Waals surface area contributed by atoms with Crippen molar-refractivity contribution >= 4 is 17.3 Å². The number of thiocarbonyl (C=S) groups is 1. The topological polar surface area (TPSA) is 27.3 Å². The molecule has 1 saturated carbocycles. The molecule has 1 aliphatic heterocycles. The van der Waals surface area contributed by atoms with Crippen LogP contribution in [0.5, 0.6) is 0 Å². The molecule has 24 heavy (non-hydrogen) atoms. The summed E-state index contributed by atoms with van der Waals surface area (Å²) >= 11 is 5.48. The summed E-state index contributed by atoms with van der Waals surface area (Å²) in [4.78, 5) is 2.54. The quantitative estimate of drug-likeness (QED) is 0.793. The van der Waals surface area contributed by atoms with Crippen molar-refractivity contribution in [1.82, 2.24) is 15.5 Å². The van der Waals surface area contributed by atoms with Gasteiger partial charge in [0.05, 0.1) is 0 Å². The first kappa shape index (κ1) is 17.7. The Bertz CT molecular complexity index is 522. The van der Waals surface area contributed by atoms with Crippen LogP contribution in [0.3, 0.4) is 0 Å². The van der Waals surface area contributed by atoms with Crippen molar-refractivity contribution in [2.24, 2.45) is 5.92 Å². The minimum Gasteiger partial charge on any atom is -0.360 e. The fourth-order valence-corrected chi connectivity index (χ4v) is 4.12. The van der Waals surface area contributed by atoms with E-state index in [1.165, 1.54) is 62.7 Å². The number of rotatable bonds is 5.